The molecule has 1 aliphatic heterocycles. The van der Waals surface area contributed by atoms with Crippen molar-refractivity contribution >= 4 is 11.3 Å². The maximum atomic E-state index is 4.58. The Morgan fingerprint density at radius 2 is 2.32 bits per heavy atom. The van der Waals surface area contributed by atoms with Crippen LogP contribution in [0.25, 0.3) is 0 Å². The highest BCUT2D eigenvalue weighted by molar-refractivity contribution is 7.09. The number of aryl methyl sites for hydroxylation is 1. The van der Waals surface area contributed by atoms with Crippen molar-refractivity contribution < 1.29 is 0 Å². The highest BCUT2D eigenvalue weighted by atomic mass is 32.1. The summed E-state index contributed by atoms with van der Waals surface area (Å²) in [6.07, 6.45) is 4.90. The normalized spacial score (nSPS) is 24.8. The Labute approximate surface area is 121 Å². The van der Waals surface area contributed by atoms with Crippen molar-refractivity contribution in [2.45, 2.75) is 58.5 Å². The predicted octanol–water partition coefficient (Wildman–Crippen LogP) is 2.85. The number of rotatable bonds is 6. The fourth-order valence-corrected chi connectivity index (χ4v) is 3.58. The molecule has 3 nitrogen and oxygen atoms in total. The molecule has 1 aromatic heterocycles. The topological polar surface area (TPSA) is 28.2 Å². The Balaban J connectivity index is 1.87. The largest absolute Gasteiger partial charge is 0.311 e. The molecule has 0 saturated carbocycles. The molecule has 0 spiro atoms. The molecule has 1 aromatic rings. The van der Waals surface area contributed by atoms with E-state index in [2.05, 4.69) is 41.4 Å². The van der Waals surface area contributed by atoms with Gasteiger partial charge < -0.3 is 5.32 Å². The molecule has 4 heteroatoms. The SMILES string of the molecule is CCCC1CN(CCc2csc(C)n2)C(CC)CN1. The molecule has 0 aromatic carbocycles. The Morgan fingerprint density at radius 3 is 2.95 bits per heavy atom. The molecular formula is C15H27N3S. The van der Waals surface area contributed by atoms with E-state index in [-0.39, 0.29) is 0 Å². The average molecular weight is 281 g/mol. The van der Waals surface area contributed by atoms with E-state index in [1.807, 2.05) is 0 Å². The van der Waals surface area contributed by atoms with Crippen molar-refractivity contribution in [3.8, 4) is 0 Å². The molecule has 0 bridgehead atoms. The van der Waals surface area contributed by atoms with Gasteiger partial charge in [-0.05, 0) is 19.8 Å². The van der Waals surface area contributed by atoms with Crippen molar-refractivity contribution in [2.75, 3.05) is 19.6 Å². The van der Waals surface area contributed by atoms with Gasteiger partial charge >= 0.3 is 0 Å². The van der Waals surface area contributed by atoms with E-state index >= 15 is 0 Å². The molecule has 1 fully saturated rings. The van der Waals surface area contributed by atoms with Crippen LogP contribution in [0.15, 0.2) is 5.38 Å². The van der Waals surface area contributed by atoms with Crippen molar-refractivity contribution in [1.29, 1.82) is 0 Å². The van der Waals surface area contributed by atoms with Gasteiger partial charge in [0.2, 0.25) is 0 Å². The van der Waals surface area contributed by atoms with Gasteiger partial charge in [-0.1, -0.05) is 20.3 Å². The fraction of sp³-hybridized carbons (Fsp3) is 0.800. The zero-order valence-electron chi connectivity index (χ0n) is 12.5. The lowest BCUT2D eigenvalue weighted by molar-refractivity contribution is 0.124. The van der Waals surface area contributed by atoms with Crippen LogP contribution in [-0.2, 0) is 6.42 Å². The molecule has 0 amide bonds. The van der Waals surface area contributed by atoms with Crippen molar-refractivity contribution in [2.24, 2.45) is 0 Å². The van der Waals surface area contributed by atoms with E-state index in [1.165, 1.54) is 36.5 Å². The smallest absolute Gasteiger partial charge is 0.0897 e. The lowest BCUT2D eigenvalue weighted by atomic mass is 10.0. The van der Waals surface area contributed by atoms with E-state index in [0.29, 0.717) is 12.1 Å². The first-order valence-corrected chi connectivity index (χ1v) is 8.49. The third-order valence-electron chi connectivity index (χ3n) is 4.04. The summed E-state index contributed by atoms with van der Waals surface area (Å²) < 4.78 is 0. The Morgan fingerprint density at radius 1 is 1.47 bits per heavy atom. The van der Waals surface area contributed by atoms with E-state index in [9.17, 15) is 0 Å². The Kier molecular flexibility index (Phi) is 5.79. The van der Waals surface area contributed by atoms with Crippen LogP contribution in [0.2, 0.25) is 0 Å². The molecule has 108 valence electrons. The van der Waals surface area contributed by atoms with Crippen molar-refractivity contribution in [1.82, 2.24) is 15.2 Å². The van der Waals surface area contributed by atoms with Crippen LogP contribution < -0.4 is 5.32 Å². The van der Waals surface area contributed by atoms with Gasteiger partial charge in [0.1, 0.15) is 0 Å². The summed E-state index contributed by atoms with van der Waals surface area (Å²) in [4.78, 5) is 7.25. The zero-order chi connectivity index (χ0) is 13.7. The van der Waals surface area contributed by atoms with E-state index < -0.39 is 0 Å². The van der Waals surface area contributed by atoms with Gasteiger partial charge in [0.05, 0.1) is 10.7 Å². The predicted molar refractivity (Wildman–Crippen MR) is 82.9 cm³/mol. The number of thiazole rings is 1. The summed E-state index contributed by atoms with van der Waals surface area (Å²) in [6, 6.07) is 1.39. The van der Waals surface area contributed by atoms with Crippen LogP contribution in [0.3, 0.4) is 0 Å². The molecule has 1 saturated heterocycles. The highest BCUT2D eigenvalue weighted by Gasteiger charge is 2.25. The zero-order valence-corrected chi connectivity index (χ0v) is 13.3. The first kappa shape index (κ1) is 14.9. The summed E-state index contributed by atoms with van der Waals surface area (Å²) in [7, 11) is 0. The van der Waals surface area contributed by atoms with Crippen LogP contribution in [0, 0.1) is 6.92 Å². The van der Waals surface area contributed by atoms with Crippen LogP contribution >= 0.6 is 11.3 Å². The lowest BCUT2D eigenvalue weighted by Crippen LogP contribution is -2.56. The number of hydrogen-bond donors (Lipinski definition) is 1. The second kappa shape index (κ2) is 7.36. The third-order valence-corrected chi connectivity index (χ3v) is 4.87. The van der Waals surface area contributed by atoms with E-state index in [4.69, 9.17) is 0 Å². The van der Waals surface area contributed by atoms with Crippen LogP contribution in [0.5, 0.6) is 0 Å². The van der Waals surface area contributed by atoms with Crippen LogP contribution in [0.4, 0.5) is 0 Å². The summed E-state index contributed by atoms with van der Waals surface area (Å²) in [5.41, 5.74) is 1.27. The van der Waals surface area contributed by atoms with Gasteiger partial charge in [0, 0.05) is 43.5 Å². The van der Waals surface area contributed by atoms with Gasteiger partial charge in [0.25, 0.3) is 0 Å². The minimum atomic E-state index is 0.685. The Bertz CT molecular complexity index is 377. The van der Waals surface area contributed by atoms with Gasteiger partial charge in [-0.15, -0.1) is 11.3 Å². The quantitative estimate of drug-likeness (QED) is 0.869. The molecule has 1 N–H and O–H groups in total. The summed E-state index contributed by atoms with van der Waals surface area (Å²) in [5.74, 6) is 0. The highest BCUT2D eigenvalue weighted by Crippen LogP contribution is 2.15. The maximum absolute atomic E-state index is 4.58. The Hall–Kier alpha value is -0.450. The van der Waals surface area contributed by atoms with Gasteiger partial charge in [-0.3, -0.25) is 4.90 Å². The molecule has 0 aliphatic carbocycles. The minimum absolute atomic E-state index is 0.685. The van der Waals surface area contributed by atoms with Gasteiger partial charge in [-0.25, -0.2) is 4.98 Å². The monoisotopic (exact) mass is 281 g/mol. The number of hydrogen-bond acceptors (Lipinski definition) is 4. The molecule has 19 heavy (non-hydrogen) atoms. The summed E-state index contributed by atoms with van der Waals surface area (Å²) >= 11 is 1.76. The van der Waals surface area contributed by atoms with Crippen molar-refractivity contribution in [3.63, 3.8) is 0 Å². The standard InChI is InChI=1S/C15H27N3S/c1-4-6-13-10-18(15(5-2)9-16-13)8-7-14-11-19-12(3)17-14/h11,13,15-16H,4-10H2,1-3H3. The van der Waals surface area contributed by atoms with Crippen LogP contribution in [-0.4, -0.2) is 41.6 Å². The minimum Gasteiger partial charge on any atom is -0.311 e. The fourth-order valence-electron chi connectivity index (χ4n) is 2.93. The molecular weight excluding hydrogens is 254 g/mol. The number of piperazine rings is 1. The first-order valence-electron chi connectivity index (χ1n) is 7.61. The summed E-state index contributed by atoms with van der Waals surface area (Å²) in [6.45, 7) is 10.2. The number of nitrogens with one attached hydrogen (secondary N) is 1. The third kappa shape index (κ3) is 4.26. The van der Waals surface area contributed by atoms with Crippen LogP contribution in [0.1, 0.15) is 43.8 Å². The number of aromatic nitrogens is 1. The first-order chi connectivity index (χ1) is 9.22. The average Bonchev–Trinajstić information content (AvgIpc) is 2.83. The second-order valence-corrected chi connectivity index (χ2v) is 6.62. The van der Waals surface area contributed by atoms with Gasteiger partial charge in [0.15, 0.2) is 0 Å². The molecule has 2 unspecified atom stereocenters. The molecule has 2 atom stereocenters. The lowest BCUT2D eigenvalue weighted by Gasteiger charge is -2.40. The number of nitrogens with zero attached hydrogens (tertiary/aromatic N) is 2. The van der Waals surface area contributed by atoms with E-state index in [1.54, 1.807) is 11.3 Å². The maximum Gasteiger partial charge on any atom is 0.0897 e. The molecule has 2 heterocycles. The van der Waals surface area contributed by atoms with Crippen molar-refractivity contribution in [3.05, 3.63) is 16.1 Å². The second-order valence-electron chi connectivity index (χ2n) is 5.56. The summed E-state index contributed by atoms with van der Waals surface area (Å²) in [5, 5.41) is 7.09. The molecule has 2 rings (SSSR count). The molecule has 1 aliphatic rings. The van der Waals surface area contributed by atoms with Gasteiger partial charge in [-0.2, -0.15) is 0 Å². The van der Waals surface area contributed by atoms with E-state index in [0.717, 1.165) is 19.5 Å². The molecule has 0 radical (unpaired) electrons.